The van der Waals surface area contributed by atoms with Crippen molar-refractivity contribution in [3.8, 4) is 11.5 Å². The number of benzene rings is 1. The van der Waals surface area contributed by atoms with E-state index in [1.165, 1.54) is 10.6 Å². The van der Waals surface area contributed by atoms with E-state index in [9.17, 15) is 0 Å². The van der Waals surface area contributed by atoms with Gasteiger partial charge in [-0.3, -0.25) is 9.80 Å². The first-order chi connectivity index (χ1) is 11.7. The maximum Gasteiger partial charge on any atom is 0.122 e. The van der Waals surface area contributed by atoms with Crippen LogP contribution in [0.3, 0.4) is 0 Å². The molecule has 24 heavy (non-hydrogen) atoms. The zero-order valence-corrected chi connectivity index (χ0v) is 15.4. The van der Waals surface area contributed by atoms with E-state index >= 15 is 0 Å². The van der Waals surface area contributed by atoms with Crippen LogP contribution in [0, 0.1) is 0 Å². The number of methoxy groups -OCH3 is 2. The predicted octanol–water partition coefficient (Wildman–Crippen LogP) is 3.04. The zero-order chi connectivity index (χ0) is 16.9. The molecule has 0 N–H and O–H groups in total. The minimum atomic E-state index is 0.407. The minimum absolute atomic E-state index is 0.407. The smallest absolute Gasteiger partial charge is 0.122 e. The summed E-state index contributed by atoms with van der Waals surface area (Å²) in [6.45, 7) is 7.45. The third-order valence-corrected chi connectivity index (χ3v) is 5.53. The van der Waals surface area contributed by atoms with Crippen LogP contribution in [0.5, 0.6) is 11.5 Å². The summed E-state index contributed by atoms with van der Waals surface area (Å²) in [5.41, 5.74) is 1.23. The van der Waals surface area contributed by atoms with Crippen LogP contribution in [-0.2, 0) is 6.54 Å². The number of piperazine rings is 1. The lowest BCUT2D eigenvalue weighted by molar-refractivity contribution is 0.0977. The number of hydrogen-bond acceptors (Lipinski definition) is 6. The fraction of sp³-hybridized carbons (Fsp3) is 0.500. The number of aromatic nitrogens is 1. The van der Waals surface area contributed by atoms with Crippen molar-refractivity contribution in [2.24, 2.45) is 0 Å². The van der Waals surface area contributed by atoms with E-state index in [1.807, 2.05) is 12.3 Å². The Morgan fingerprint density at radius 1 is 1.08 bits per heavy atom. The van der Waals surface area contributed by atoms with Crippen LogP contribution >= 0.6 is 11.3 Å². The summed E-state index contributed by atoms with van der Waals surface area (Å²) in [4.78, 5) is 9.45. The van der Waals surface area contributed by atoms with E-state index in [4.69, 9.17) is 9.47 Å². The molecule has 6 heteroatoms. The van der Waals surface area contributed by atoms with Crippen LogP contribution in [0.25, 0.3) is 0 Å². The van der Waals surface area contributed by atoms with Gasteiger partial charge in [-0.15, -0.1) is 11.3 Å². The van der Waals surface area contributed by atoms with E-state index in [0.29, 0.717) is 6.04 Å². The van der Waals surface area contributed by atoms with Crippen molar-refractivity contribution in [2.45, 2.75) is 19.5 Å². The summed E-state index contributed by atoms with van der Waals surface area (Å²) >= 11 is 1.74. The van der Waals surface area contributed by atoms with Gasteiger partial charge < -0.3 is 9.47 Å². The fourth-order valence-electron chi connectivity index (χ4n) is 3.12. The normalized spacial score (nSPS) is 17.6. The molecule has 2 heterocycles. The molecule has 1 aromatic heterocycles. The second-order valence-electron chi connectivity index (χ2n) is 6.08. The summed E-state index contributed by atoms with van der Waals surface area (Å²) in [5.74, 6) is 1.70. The Morgan fingerprint density at radius 3 is 2.29 bits per heavy atom. The molecule has 130 valence electrons. The highest BCUT2D eigenvalue weighted by Gasteiger charge is 2.23. The minimum Gasteiger partial charge on any atom is -0.497 e. The van der Waals surface area contributed by atoms with Crippen LogP contribution in [0.4, 0.5) is 0 Å². The first-order valence-corrected chi connectivity index (χ1v) is 9.15. The van der Waals surface area contributed by atoms with Gasteiger partial charge in [0.05, 0.1) is 20.3 Å². The second-order valence-corrected chi connectivity index (χ2v) is 7.01. The monoisotopic (exact) mass is 347 g/mol. The Kier molecular flexibility index (Phi) is 5.71. The number of ether oxygens (including phenoxy) is 2. The number of thiazole rings is 1. The molecule has 1 fully saturated rings. The van der Waals surface area contributed by atoms with E-state index in [1.54, 1.807) is 25.6 Å². The molecule has 0 aliphatic carbocycles. The maximum absolute atomic E-state index is 5.36. The van der Waals surface area contributed by atoms with Gasteiger partial charge in [0.1, 0.15) is 16.5 Å². The van der Waals surface area contributed by atoms with Gasteiger partial charge in [0.2, 0.25) is 0 Å². The predicted molar refractivity (Wildman–Crippen MR) is 96.9 cm³/mol. The molecule has 0 amide bonds. The zero-order valence-electron chi connectivity index (χ0n) is 14.6. The fourth-order valence-corrected chi connectivity index (χ4v) is 3.85. The lowest BCUT2D eigenvalue weighted by Gasteiger charge is -2.37. The Morgan fingerprint density at radius 2 is 1.75 bits per heavy atom. The van der Waals surface area contributed by atoms with Gasteiger partial charge in [-0.25, -0.2) is 4.98 Å². The van der Waals surface area contributed by atoms with E-state index in [-0.39, 0.29) is 0 Å². The van der Waals surface area contributed by atoms with Gasteiger partial charge in [0.25, 0.3) is 0 Å². The molecular weight excluding hydrogens is 322 g/mol. The second kappa shape index (κ2) is 7.96. The molecule has 1 saturated heterocycles. The SMILES string of the molecule is COc1cc(CN2CCN(C(C)c3nccs3)CC2)cc(OC)c1. The number of hydrogen-bond donors (Lipinski definition) is 0. The Bertz CT molecular complexity index is 617. The summed E-state index contributed by atoms with van der Waals surface area (Å²) in [6, 6.07) is 6.50. The highest BCUT2D eigenvalue weighted by Crippen LogP contribution is 2.26. The molecular formula is C18H25N3O2S. The van der Waals surface area contributed by atoms with Crippen LogP contribution in [0.15, 0.2) is 29.8 Å². The number of nitrogens with zero attached hydrogens (tertiary/aromatic N) is 3. The molecule has 0 spiro atoms. The van der Waals surface area contributed by atoms with Crippen molar-refractivity contribution in [2.75, 3.05) is 40.4 Å². The Labute approximate surface area is 147 Å². The van der Waals surface area contributed by atoms with Crippen molar-refractivity contribution in [1.29, 1.82) is 0 Å². The van der Waals surface area contributed by atoms with Gasteiger partial charge >= 0.3 is 0 Å². The van der Waals surface area contributed by atoms with Gasteiger partial charge in [-0.1, -0.05) is 0 Å². The summed E-state index contributed by atoms with van der Waals surface area (Å²) < 4.78 is 10.7. The largest absolute Gasteiger partial charge is 0.497 e. The summed E-state index contributed by atoms with van der Waals surface area (Å²) in [6.07, 6.45) is 1.89. The molecule has 0 bridgehead atoms. The Balaban J connectivity index is 1.57. The van der Waals surface area contributed by atoms with E-state index in [0.717, 1.165) is 44.2 Å². The average molecular weight is 347 g/mol. The number of rotatable bonds is 6. The molecule has 3 rings (SSSR count). The molecule has 2 aromatic rings. The average Bonchev–Trinajstić information content (AvgIpc) is 3.16. The molecule has 0 radical (unpaired) electrons. The van der Waals surface area contributed by atoms with Crippen LogP contribution in [0.2, 0.25) is 0 Å². The molecule has 1 aliphatic heterocycles. The third-order valence-electron chi connectivity index (χ3n) is 4.58. The maximum atomic E-state index is 5.36. The first-order valence-electron chi connectivity index (χ1n) is 8.27. The molecule has 0 saturated carbocycles. The Hall–Kier alpha value is -1.63. The summed E-state index contributed by atoms with van der Waals surface area (Å²) in [5, 5.41) is 3.26. The molecule has 1 atom stereocenters. The van der Waals surface area contributed by atoms with E-state index in [2.05, 4.69) is 39.2 Å². The van der Waals surface area contributed by atoms with Crippen LogP contribution in [0.1, 0.15) is 23.5 Å². The van der Waals surface area contributed by atoms with Crippen molar-refractivity contribution in [3.05, 3.63) is 40.3 Å². The lowest BCUT2D eigenvalue weighted by Crippen LogP contribution is -2.46. The lowest BCUT2D eigenvalue weighted by atomic mass is 10.1. The van der Waals surface area contributed by atoms with Crippen molar-refractivity contribution < 1.29 is 9.47 Å². The molecule has 5 nitrogen and oxygen atoms in total. The topological polar surface area (TPSA) is 37.8 Å². The quantitative estimate of drug-likeness (QED) is 0.803. The van der Waals surface area contributed by atoms with Gasteiger partial charge in [-0.05, 0) is 24.6 Å². The third kappa shape index (κ3) is 4.06. The molecule has 1 aliphatic rings. The molecule has 1 unspecified atom stereocenters. The van der Waals surface area contributed by atoms with Crippen LogP contribution in [-0.4, -0.2) is 55.2 Å². The standard InChI is InChI=1S/C18H25N3O2S/c1-14(18-19-4-9-24-18)21-7-5-20(6-8-21)13-15-10-16(22-2)12-17(11-15)23-3/h4,9-12,14H,5-8,13H2,1-3H3. The van der Waals surface area contributed by atoms with Crippen LogP contribution < -0.4 is 9.47 Å². The van der Waals surface area contributed by atoms with Crippen molar-refractivity contribution >= 4 is 11.3 Å². The molecule has 1 aromatic carbocycles. The van der Waals surface area contributed by atoms with Gasteiger partial charge in [0, 0.05) is 50.4 Å². The highest BCUT2D eigenvalue weighted by molar-refractivity contribution is 7.09. The van der Waals surface area contributed by atoms with Gasteiger partial charge in [-0.2, -0.15) is 0 Å². The van der Waals surface area contributed by atoms with Crippen molar-refractivity contribution in [1.82, 2.24) is 14.8 Å². The highest BCUT2D eigenvalue weighted by atomic mass is 32.1. The van der Waals surface area contributed by atoms with Crippen molar-refractivity contribution in [3.63, 3.8) is 0 Å². The first kappa shape index (κ1) is 17.2. The summed E-state index contributed by atoms with van der Waals surface area (Å²) in [7, 11) is 3.38. The van der Waals surface area contributed by atoms with E-state index < -0.39 is 0 Å². The van der Waals surface area contributed by atoms with Gasteiger partial charge in [0.15, 0.2) is 0 Å².